The van der Waals surface area contributed by atoms with Crippen molar-refractivity contribution in [2.75, 3.05) is 5.32 Å². The summed E-state index contributed by atoms with van der Waals surface area (Å²) in [5, 5.41) is 3.59. The van der Waals surface area contributed by atoms with E-state index in [0.29, 0.717) is 10.6 Å². The highest BCUT2D eigenvalue weighted by Crippen LogP contribution is 2.40. The molecule has 0 saturated carbocycles. The number of anilines is 1. The molecule has 3 aromatic rings. The predicted molar refractivity (Wildman–Crippen MR) is 117 cm³/mol. The number of benzene rings is 2. The second-order valence-electron chi connectivity index (χ2n) is 6.21. The van der Waals surface area contributed by atoms with Crippen molar-refractivity contribution in [3.63, 3.8) is 0 Å². The van der Waals surface area contributed by atoms with Gasteiger partial charge in [-0.2, -0.15) is 0 Å². The SMILES string of the molecule is CCc1ccc(-c2c(C)sc(NC(=O)c3cccc(Cl)c3Cl)c2C(N)=O)cc1. The third-order valence-corrected chi connectivity index (χ3v) is 6.24. The van der Waals surface area contributed by atoms with E-state index >= 15 is 0 Å². The first-order valence-electron chi connectivity index (χ1n) is 8.61. The van der Waals surface area contributed by atoms with Gasteiger partial charge in [-0.15, -0.1) is 11.3 Å². The maximum atomic E-state index is 12.7. The van der Waals surface area contributed by atoms with E-state index in [2.05, 4.69) is 12.2 Å². The molecule has 0 fully saturated rings. The molecule has 1 heterocycles. The van der Waals surface area contributed by atoms with Crippen LogP contribution in [0.5, 0.6) is 0 Å². The number of nitrogens with one attached hydrogen (secondary N) is 1. The minimum atomic E-state index is -0.605. The first-order chi connectivity index (χ1) is 13.3. The third-order valence-electron chi connectivity index (χ3n) is 4.40. The number of carbonyl (C=O) groups is 2. The third kappa shape index (κ3) is 3.92. The van der Waals surface area contributed by atoms with Gasteiger partial charge in [0.1, 0.15) is 5.00 Å². The van der Waals surface area contributed by atoms with Gasteiger partial charge in [0.25, 0.3) is 11.8 Å². The van der Waals surface area contributed by atoms with Crippen LogP contribution in [-0.4, -0.2) is 11.8 Å². The van der Waals surface area contributed by atoms with Crippen LogP contribution in [0.1, 0.15) is 38.1 Å². The average molecular weight is 433 g/mol. The average Bonchev–Trinajstić information content (AvgIpc) is 2.99. The lowest BCUT2D eigenvalue weighted by Crippen LogP contribution is -2.17. The van der Waals surface area contributed by atoms with Gasteiger partial charge in [-0.3, -0.25) is 9.59 Å². The molecule has 0 bridgehead atoms. The summed E-state index contributed by atoms with van der Waals surface area (Å²) in [6.07, 6.45) is 0.924. The number of hydrogen-bond acceptors (Lipinski definition) is 3. The van der Waals surface area contributed by atoms with E-state index in [1.54, 1.807) is 18.2 Å². The van der Waals surface area contributed by atoms with Gasteiger partial charge in [0.15, 0.2) is 0 Å². The highest BCUT2D eigenvalue weighted by molar-refractivity contribution is 7.17. The Hall–Kier alpha value is -2.34. The summed E-state index contributed by atoms with van der Waals surface area (Å²) < 4.78 is 0. The van der Waals surface area contributed by atoms with E-state index in [1.165, 1.54) is 16.9 Å². The minimum absolute atomic E-state index is 0.158. The van der Waals surface area contributed by atoms with Crippen molar-refractivity contribution in [2.45, 2.75) is 20.3 Å². The maximum Gasteiger partial charge on any atom is 0.257 e. The number of hydrogen-bond donors (Lipinski definition) is 2. The van der Waals surface area contributed by atoms with Crippen molar-refractivity contribution in [1.29, 1.82) is 0 Å². The number of aryl methyl sites for hydroxylation is 2. The maximum absolute atomic E-state index is 12.7. The van der Waals surface area contributed by atoms with E-state index in [-0.39, 0.29) is 15.6 Å². The zero-order chi connectivity index (χ0) is 20.4. The zero-order valence-corrected chi connectivity index (χ0v) is 17.6. The Balaban J connectivity index is 2.03. The normalized spacial score (nSPS) is 10.7. The van der Waals surface area contributed by atoms with Gasteiger partial charge in [0, 0.05) is 10.4 Å². The molecule has 0 radical (unpaired) electrons. The van der Waals surface area contributed by atoms with E-state index in [1.807, 2.05) is 31.2 Å². The molecule has 0 spiro atoms. The molecular weight excluding hydrogens is 415 g/mol. The predicted octanol–water partition coefficient (Wildman–Crippen LogP) is 5.94. The van der Waals surface area contributed by atoms with E-state index in [4.69, 9.17) is 28.9 Å². The Bertz CT molecular complexity index is 1060. The summed E-state index contributed by atoms with van der Waals surface area (Å²) in [7, 11) is 0. The van der Waals surface area contributed by atoms with Crippen molar-refractivity contribution < 1.29 is 9.59 Å². The van der Waals surface area contributed by atoms with E-state index < -0.39 is 11.8 Å². The van der Waals surface area contributed by atoms with Gasteiger partial charge in [-0.25, -0.2) is 0 Å². The van der Waals surface area contributed by atoms with Gasteiger partial charge >= 0.3 is 0 Å². The smallest absolute Gasteiger partial charge is 0.257 e. The number of nitrogens with two attached hydrogens (primary N) is 1. The standard InChI is InChI=1S/C21H18Cl2N2O2S/c1-3-12-7-9-13(10-8-12)16-11(2)28-21(17(16)19(24)26)25-20(27)14-5-4-6-15(22)18(14)23/h4-10H,3H2,1-2H3,(H2,24,26)(H,25,27). The molecule has 0 saturated heterocycles. The molecule has 0 atom stereocenters. The summed E-state index contributed by atoms with van der Waals surface area (Å²) in [6, 6.07) is 12.8. The first-order valence-corrected chi connectivity index (χ1v) is 10.2. The van der Waals surface area contributed by atoms with E-state index in [0.717, 1.165) is 22.4 Å². The lowest BCUT2D eigenvalue weighted by Gasteiger charge is -2.09. The Morgan fingerprint density at radius 1 is 1.11 bits per heavy atom. The van der Waals surface area contributed by atoms with Crippen LogP contribution < -0.4 is 11.1 Å². The molecule has 0 unspecified atom stereocenters. The number of halogens is 2. The molecule has 0 aliphatic heterocycles. The molecule has 3 N–H and O–H groups in total. The molecule has 28 heavy (non-hydrogen) atoms. The van der Waals surface area contributed by atoms with Crippen LogP contribution >= 0.6 is 34.5 Å². The van der Waals surface area contributed by atoms with Gasteiger partial charge in [-0.1, -0.05) is 60.5 Å². The van der Waals surface area contributed by atoms with Crippen LogP contribution in [0.25, 0.3) is 11.1 Å². The molecule has 4 nitrogen and oxygen atoms in total. The fourth-order valence-electron chi connectivity index (χ4n) is 2.97. The second-order valence-corrected chi connectivity index (χ2v) is 8.22. The fraction of sp³-hybridized carbons (Fsp3) is 0.143. The molecule has 2 aromatic carbocycles. The van der Waals surface area contributed by atoms with Gasteiger partial charge in [-0.05, 0) is 36.6 Å². The summed E-state index contributed by atoms with van der Waals surface area (Å²) >= 11 is 13.4. The van der Waals surface area contributed by atoms with Crippen LogP contribution in [0.3, 0.4) is 0 Å². The van der Waals surface area contributed by atoms with E-state index in [9.17, 15) is 9.59 Å². The number of carbonyl (C=O) groups excluding carboxylic acids is 2. The highest BCUT2D eigenvalue weighted by atomic mass is 35.5. The molecule has 2 amide bonds. The first kappa shape index (κ1) is 20.4. The molecule has 3 rings (SSSR count). The zero-order valence-electron chi connectivity index (χ0n) is 15.3. The molecule has 0 aliphatic rings. The highest BCUT2D eigenvalue weighted by Gasteiger charge is 2.24. The largest absolute Gasteiger partial charge is 0.365 e. The molecule has 7 heteroatoms. The summed E-state index contributed by atoms with van der Waals surface area (Å²) in [6.45, 7) is 3.97. The fourth-order valence-corrected chi connectivity index (χ4v) is 4.44. The minimum Gasteiger partial charge on any atom is -0.365 e. The van der Waals surface area contributed by atoms with Crippen molar-refractivity contribution in [2.24, 2.45) is 5.73 Å². The van der Waals surface area contributed by atoms with Crippen LogP contribution in [0, 0.1) is 6.92 Å². The lowest BCUT2D eigenvalue weighted by atomic mass is 9.99. The summed E-state index contributed by atoms with van der Waals surface area (Å²) in [5.41, 5.74) is 8.98. The Labute approximate surface area is 177 Å². The van der Waals surface area contributed by atoms with Crippen LogP contribution in [-0.2, 0) is 6.42 Å². The van der Waals surface area contributed by atoms with Crippen LogP contribution in [0.2, 0.25) is 10.0 Å². The lowest BCUT2D eigenvalue weighted by molar-refractivity contribution is 0.100. The summed E-state index contributed by atoms with van der Waals surface area (Å²) in [4.78, 5) is 25.8. The van der Waals surface area contributed by atoms with Gasteiger partial charge in [0.2, 0.25) is 0 Å². The number of thiophene rings is 1. The van der Waals surface area contributed by atoms with Crippen molar-refractivity contribution in [3.05, 3.63) is 74.1 Å². The summed E-state index contributed by atoms with van der Waals surface area (Å²) in [5.74, 6) is -1.06. The topological polar surface area (TPSA) is 72.2 Å². The van der Waals surface area contributed by atoms with Crippen molar-refractivity contribution in [3.8, 4) is 11.1 Å². The number of rotatable bonds is 5. The Morgan fingerprint density at radius 2 is 1.79 bits per heavy atom. The monoisotopic (exact) mass is 432 g/mol. The second kappa shape index (κ2) is 8.35. The number of primary amides is 1. The molecule has 144 valence electrons. The van der Waals surface area contributed by atoms with Crippen LogP contribution in [0.4, 0.5) is 5.00 Å². The molecule has 1 aromatic heterocycles. The molecular formula is C21H18Cl2N2O2S. The number of amides is 2. The van der Waals surface area contributed by atoms with Crippen molar-refractivity contribution in [1.82, 2.24) is 0 Å². The molecule has 0 aliphatic carbocycles. The van der Waals surface area contributed by atoms with Gasteiger partial charge < -0.3 is 11.1 Å². The van der Waals surface area contributed by atoms with Gasteiger partial charge in [0.05, 0.1) is 21.2 Å². The Morgan fingerprint density at radius 3 is 2.39 bits per heavy atom. The Kier molecular flexibility index (Phi) is 6.08. The van der Waals surface area contributed by atoms with Crippen LogP contribution in [0.15, 0.2) is 42.5 Å². The quantitative estimate of drug-likeness (QED) is 0.522. The van der Waals surface area contributed by atoms with Crippen molar-refractivity contribution >= 4 is 51.4 Å².